The van der Waals surface area contributed by atoms with Gasteiger partial charge in [0, 0.05) is 40.1 Å². The number of benzene rings is 4. The highest BCUT2D eigenvalue weighted by atomic mass is 16.5. The summed E-state index contributed by atoms with van der Waals surface area (Å²) in [5, 5.41) is 15.9. The number of methoxy groups -OCH3 is 3. The molecule has 0 saturated heterocycles. The van der Waals surface area contributed by atoms with E-state index in [1.165, 1.54) is 21.1 Å². The van der Waals surface area contributed by atoms with Gasteiger partial charge in [0.25, 0.3) is 5.91 Å². The van der Waals surface area contributed by atoms with Crippen LogP contribution in [-0.2, 0) is 20.7 Å². The molecule has 2 heterocycles. The second-order valence-electron chi connectivity index (χ2n) is 14.0. The molecule has 2 amide bonds. The Bertz CT molecular complexity index is 2360. The van der Waals surface area contributed by atoms with Crippen molar-refractivity contribution in [3.63, 3.8) is 0 Å². The first kappa shape index (κ1) is 38.5. The maximum atomic E-state index is 14.9. The summed E-state index contributed by atoms with van der Waals surface area (Å²) in [4.78, 5) is 49.9. The third kappa shape index (κ3) is 7.08. The molecular formula is C43H46N4O8. The molecule has 0 aliphatic carbocycles. The molecular weight excluding hydrogens is 700 g/mol. The van der Waals surface area contributed by atoms with Crippen LogP contribution in [0.25, 0.3) is 32.9 Å². The molecule has 6 N–H and O–H groups in total. The number of para-hydroxylation sites is 2. The highest BCUT2D eigenvalue weighted by Gasteiger charge is 2.58. The average Bonchev–Trinajstić information content (AvgIpc) is 3.80. The lowest BCUT2D eigenvalue weighted by Crippen LogP contribution is -2.64. The molecule has 3 atom stereocenters. The molecule has 3 unspecified atom stereocenters. The van der Waals surface area contributed by atoms with Crippen LogP contribution < -0.4 is 25.3 Å². The monoisotopic (exact) mass is 746 g/mol. The van der Waals surface area contributed by atoms with E-state index >= 15 is 0 Å². The van der Waals surface area contributed by atoms with E-state index in [2.05, 4.69) is 15.3 Å². The lowest BCUT2D eigenvalue weighted by atomic mass is 9.60. The number of amides is 2. The van der Waals surface area contributed by atoms with E-state index < -0.39 is 41.3 Å². The van der Waals surface area contributed by atoms with Gasteiger partial charge in [-0.1, -0.05) is 48.5 Å². The summed E-state index contributed by atoms with van der Waals surface area (Å²) in [5.41, 5.74) is 6.62. The topological polar surface area (TPSA) is 178 Å². The zero-order valence-corrected chi connectivity index (χ0v) is 31.7. The zero-order valence-electron chi connectivity index (χ0n) is 31.7. The fourth-order valence-corrected chi connectivity index (χ4v) is 7.68. The van der Waals surface area contributed by atoms with Gasteiger partial charge in [0.2, 0.25) is 5.91 Å². The maximum absolute atomic E-state index is 14.9. The lowest BCUT2D eigenvalue weighted by Gasteiger charge is -2.46. The Morgan fingerprint density at radius 1 is 0.800 bits per heavy atom. The number of carbonyl (C=O) groups excluding carboxylic acids is 3. The molecule has 0 aliphatic heterocycles. The van der Waals surface area contributed by atoms with Crippen molar-refractivity contribution in [1.82, 2.24) is 15.3 Å². The fraction of sp³-hybridized carbons (Fsp3) is 0.279. The standard InChI is InChI=1S/C43H46N4O8/c1-25(2)55-35-17-15-26(27-16-18-36(52-4)37(20-27)53-5)19-31(35)39(49)47-42(3,41(51)54-6)38(32-23-46-34-14-10-8-12-30(32)34)43(24-48,40(44)50)21-28-22-45-33-13-9-7-11-29(28)33/h7-20,22-23,25,38,45-46,48H,21,24H2,1-6H3,(H2,44,50)(H,47,49). The Morgan fingerprint density at radius 2 is 1.40 bits per heavy atom. The first-order valence-electron chi connectivity index (χ1n) is 17.9. The van der Waals surface area contributed by atoms with E-state index in [4.69, 9.17) is 24.7 Å². The van der Waals surface area contributed by atoms with Gasteiger partial charge < -0.3 is 45.1 Å². The minimum atomic E-state index is -2.02. The number of hydrogen-bond acceptors (Lipinski definition) is 8. The van der Waals surface area contributed by atoms with Gasteiger partial charge in [-0.25, -0.2) is 4.79 Å². The number of aliphatic hydroxyl groups excluding tert-OH is 1. The van der Waals surface area contributed by atoms with Gasteiger partial charge in [-0.2, -0.15) is 0 Å². The molecule has 6 aromatic rings. The summed E-state index contributed by atoms with van der Waals surface area (Å²) in [6, 6.07) is 25.4. The Labute approximate surface area is 318 Å². The Hall–Kier alpha value is -6.27. The van der Waals surface area contributed by atoms with Crippen molar-refractivity contribution in [3.8, 4) is 28.4 Å². The third-order valence-corrected chi connectivity index (χ3v) is 10.3. The molecule has 4 aromatic carbocycles. The Kier molecular flexibility index (Phi) is 10.9. The van der Waals surface area contributed by atoms with E-state index in [1.54, 1.807) is 43.8 Å². The maximum Gasteiger partial charge on any atom is 0.331 e. The summed E-state index contributed by atoms with van der Waals surface area (Å²) < 4.78 is 22.5. The van der Waals surface area contributed by atoms with Gasteiger partial charge in [-0.05, 0) is 85.8 Å². The van der Waals surface area contributed by atoms with Crippen LogP contribution in [0.15, 0.2) is 97.3 Å². The highest BCUT2D eigenvalue weighted by Crippen LogP contribution is 2.49. The van der Waals surface area contributed by atoms with E-state index in [-0.39, 0.29) is 23.8 Å². The number of nitrogens with two attached hydrogens (primary N) is 1. The largest absolute Gasteiger partial charge is 0.493 e. The molecule has 0 radical (unpaired) electrons. The number of fused-ring (bicyclic) bond motifs is 2. The van der Waals surface area contributed by atoms with Crippen LogP contribution in [0, 0.1) is 5.41 Å². The van der Waals surface area contributed by atoms with E-state index in [0.717, 1.165) is 16.5 Å². The smallest absolute Gasteiger partial charge is 0.331 e. The van der Waals surface area contributed by atoms with Crippen molar-refractivity contribution in [2.75, 3.05) is 27.9 Å². The van der Waals surface area contributed by atoms with Crippen LogP contribution in [0.2, 0.25) is 0 Å². The number of aromatic nitrogens is 2. The lowest BCUT2D eigenvalue weighted by molar-refractivity contribution is -0.152. The number of aliphatic hydroxyl groups is 1. The first-order chi connectivity index (χ1) is 26.4. The normalized spacial score (nSPS) is 14.2. The third-order valence-electron chi connectivity index (χ3n) is 10.3. The van der Waals surface area contributed by atoms with Crippen LogP contribution >= 0.6 is 0 Å². The van der Waals surface area contributed by atoms with Crippen LogP contribution in [-0.4, -0.2) is 72.4 Å². The second-order valence-corrected chi connectivity index (χ2v) is 14.0. The predicted octanol–water partition coefficient (Wildman–Crippen LogP) is 6.27. The molecule has 0 saturated carbocycles. The van der Waals surface area contributed by atoms with Crippen molar-refractivity contribution >= 4 is 39.6 Å². The molecule has 0 bridgehead atoms. The molecule has 12 heteroatoms. The second kappa shape index (κ2) is 15.6. The molecule has 0 spiro atoms. The van der Waals surface area contributed by atoms with Crippen LogP contribution in [0.4, 0.5) is 0 Å². The van der Waals surface area contributed by atoms with E-state index in [0.29, 0.717) is 39.1 Å². The highest BCUT2D eigenvalue weighted by molar-refractivity contribution is 6.02. The summed E-state index contributed by atoms with van der Waals surface area (Å²) in [6.07, 6.45) is 3.04. The molecule has 286 valence electrons. The number of rotatable bonds is 15. The van der Waals surface area contributed by atoms with Gasteiger partial charge in [0.1, 0.15) is 11.3 Å². The molecule has 6 rings (SSSR count). The predicted molar refractivity (Wildman–Crippen MR) is 210 cm³/mol. The molecule has 12 nitrogen and oxygen atoms in total. The number of primary amides is 1. The summed E-state index contributed by atoms with van der Waals surface area (Å²) in [5.74, 6) is -2.43. The number of carbonyl (C=O) groups is 3. The van der Waals surface area contributed by atoms with Crippen molar-refractivity contribution in [1.29, 1.82) is 0 Å². The number of H-pyrrole nitrogens is 2. The molecule has 0 fully saturated rings. The fourth-order valence-electron chi connectivity index (χ4n) is 7.68. The number of hydrogen-bond donors (Lipinski definition) is 5. The summed E-state index contributed by atoms with van der Waals surface area (Å²) in [6.45, 7) is 4.39. The Morgan fingerprint density at radius 3 is 2.02 bits per heavy atom. The Balaban J connectivity index is 1.56. The SMILES string of the molecule is COC(=O)C(C)(NC(=O)c1cc(-c2ccc(OC)c(OC)c2)ccc1OC(C)C)C(c1c[nH]c2ccccc12)C(CO)(Cc1c[nH]c2ccccc12)C(N)=O. The van der Waals surface area contributed by atoms with Crippen molar-refractivity contribution in [2.24, 2.45) is 11.1 Å². The van der Waals surface area contributed by atoms with Crippen molar-refractivity contribution < 1.29 is 38.4 Å². The van der Waals surface area contributed by atoms with E-state index in [1.807, 2.05) is 74.5 Å². The van der Waals surface area contributed by atoms with Crippen LogP contribution in [0.3, 0.4) is 0 Å². The minimum absolute atomic E-state index is 0.0913. The van der Waals surface area contributed by atoms with Gasteiger partial charge >= 0.3 is 5.97 Å². The minimum Gasteiger partial charge on any atom is -0.493 e. The average molecular weight is 747 g/mol. The number of aromatic amines is 2. The number of esters is 1. The number of nitrogens with one attached hydrogen (secondary N) is 3. The van der Waals surface area contributed by atoms with Crippen LogP contribution in [0.5, 0.6) is 17.2 Å². The quantitative estimate of drug-likeness (QED) is 0.0764. The van der Waals surface area contributed by atoms with Crippen LogP contribution in [0.1, 0.15) is 48.2 Å². The summed E-state index contributed by atoms with van der Waals surface area (Å²) >= 11 is 0. The molecule has 2 aromatic heterocycles. The van der Waals surface area contributed by atoms with Gasteiger partial charge in [-0.15, -0.1) is 0 Å². The van der Waals surface area contributed by atoms with E-state index in [9.17, 15) is 19.5 Å². The van der Waals surface area contributed by atoms with Gasteiger partial charge in [-0.3, -0.25) is 9.59 Å². The first-order valence-corrected chi connectivity index (χ1v) is 17.9. The molecule has 55 heavy (non-hydrogen) atoms. The van der Waals surface area contributed by atoms with Crippen molar-refractivity contribution in [3.05, 3.63) is 114 Å². The zero-order chi connectivity index (χ0) is 39.5. The van der Waals surface area contributed by atoms with Gasteiger partial charge in [0.15, 0.2) is 11.5 Å². The molecule has 0 aliphatic rings. The van der Waals surface area contributed by atoms with Gasteiger partial charge in [0.05, 0.1) is 45.0 Å². The summed E-state index contributed by atoms with van der Waals surface area (Å²) in [7, 11) is 4.29. The number of ether oxygens (including phenoxy) is 4. The van der Waals surface area contributed by atoms with Crippen molar-refractivity contribution in [2.45, 2.75) is 44.8 Å².